The predicted octanol–water partition coefficient (Wildman–Crippen LogP) is 2.32. The molecule has 0 radical (unpaired) electrons. The summed E-state index contributed by atoms with van der Waals surface area (Å²) < 4.78 is 5.38. The molecule has 0 amide bonds. The molecule has 0 saturated heterocycles. The van der Waals surface area contributed by atoms with E-state index in [2.05, 4.69) is 15.1 Å². The van der Waals surface area contributed by atoms with Gasteiger partial charge in [0.25, 0.3) is 0 Å². The Hall–Kier alpha value is -2.37. The van der Waals surface area contributed by atoms with Crippen LogP contribution < -0.4 is 0 Å². The highest BCUT2D eigenvalue weighted by Gasteiger charge is 2.16. The number of benzene rings is 1. The van der Waals surface area contributed by atoms with E-state index in [-0.39, 0.29) is 5.92 Å². The first-order valence-corrected chi connectivity index (χ1v) is 7.27. The van der Waals surface area contributed by atoms with Crippen molar-refractivity contribution in [3.05, 3.63) is 36.2 Å². The monoisotopic (exact) mass is 301 g/mol. The van der Waals surface area contributed by atoms with E-state index in [0.717, 1.165) is 11.5 Å². The highest BCUT2D eigenvalue weighted by Crippen LogP contribution is 2.19. The Balaban J connectivity index is 2.09. The fourth-order valence-electron chi connectivity index (χ4n) is 2.12. The molecule has 0 bridgehead atoms. The number of nitrogens with zero attached hydrogens (tertiary/aromatic N) is 5. The second kappa shape index (κ2) is 7.06. The maximum atomic E-state index is 5.38. The van der Waals surface area contributed by atoms with Crippen molar-refractivity contribution in [2.45, 2.75) is 12.8 Å². The molecule has 1 atom stereocenters. The lowest BCUT2D eigenvalue weighted by Gasteiger charge is -2.23. The van der Waals surface area contributed by atoms with Crippen molar-refractivity contribution in [3.8, 4) is 11.4 Å². The van der Waals surface area contributed by atoms with Gasteiger partial charge in [-0.05, 0) is 0 Å². The van der Waals surface area contributed by atoms with Crippen molar-refractivity contribution in [2.24, 2.45) is 4.99 Å². The molecule has 1 unspecified atom stereocenters. The highest BCUT2D eigenvalue weighted by atomic mass is 16.5. The van der Waals surface area contributed by atoms with E-state index >= 15 is 0 Å². The molecule has 0 aliphatic heterocycles. The Morgan fingerprint density at radius 2 is 1.77 bits per heavy atom. The van der Waals surface area contributed by atoms with Gasteiger partial charge in [0.1, 0.15) is 0 Å². The van der Waals surface area contributed by atoms with Crippen molar-refractivity contribution in [1.82, 2.24) is 19.9 Å². The molecule has 0 saturated carbocycles. The maximum absolute atomic E-state index is 5.38. The number of hydrogen-bond acceptors (Lipinski definition) is 4. The summed E-state index contributed by atoms with van der Waals surface area (Å²) in [7, 11) is 7.90. The third kappa shape index (κ3) is 3.84. The predicted molar refractivity (Wildman–Crippen MR) is 87.8 cm³/mol. The van der Waals surface area contributed by atoms with Crippen LogP contribution in [0.2, 0.25) is 0 Å². The highest BCUT2D eigenvalue weighted by molar-refractivity contribution is 5.79. The molecule has 22 heavy (non-hydrogen) atoms. The van der Waals surface area contributed by atoms with Gasteiger partial charge in [-0.3, -0.25) is 4.99 Å². The van der Waals surface area contributed by atoms with E-state index in [1.807, 2.05) is 75.2 Å². The molecule has 118 valence electrons. The second-order valence-electron chi connectivity index (χ2n) is 5.65. The van der Waals surface area contributed by atoms with E-state index in [9.17, 15) is 0 Å². The largest absolute Gasteiger partial charge is 0.349 e. The van der Waals surface area contributed by atoms with Crippen molar-refractivity contribution in [2.75, 3.05) is 34.7 Å². The number of aliphatic imine (C=N–C) groups is 1. The Bertz CT molecular complexity index is 608. The molecule has 6 nitrogen and oxygen atoms in total. The van der Waals surface area contributed by atoms with Gasteiger partial charge in [0.05, 0.1) is 12.5 Å². The van der Waals surface area contributed by atoms with Gasteiger partial charge in [-0.1, -0.05) is 42.4 Å². The molecule has 0 aliphatic carbocycles. The van der Waals surface area contributed by atoms with Crippen molar-refractivity contribution < 1.29 is 4.52 Å². The minimum absolute atomic E-state index is 0.0693. The summed E-state index contributed by atoms with van der Waals surface area (Å²) in [6.07, 6.45) is 0. The molecule has 2 rings (SSSR count). The van der Waals surface area contributed by atoms with Crippen LogP contribution in [0.25, 0.3) is 11.4 Å². The summed E-state index contributed by atoms with van der Waals surface area (Å²) in [6.45, 7) is 2.64. The average molecular weight is 301 g/mol. The fraction of sp³-hybridized carbons (Fsp3) is 0.438. The smallest absolute Gasteiger partial charge is 0.231 e. The standard InChI is InChI=1S/C16H23N5O/c1-12(11-17-16(20(2)3)21(4)5)15-18-14(19-22-15)13-9-7-6-8-10-13/h6-10,12H,11H2,1-5H3. The van der Waals surface area contributed by atoms with Crippen LogP contribution in [-0.2, 0) is 0 Å². The van der Waals surface area contributed by atoms with E-state index in [1.54, 1.807) is 0 Å². The van der Waals surface area contributed by atoms with E-state index < -0.39 is 0 Å². The zero-order valence-electron chi connectivity index (χ0n) is 13.8. The fourth-order valence-corrected chi connectivity index (χ4v) is 2.12. The number of aromatic nitrogens is 2. The third-order valence-electron chi connectivity index (χ3n) is 3.20. The van der Waals surface area contributed by atoms with Gasteiger partial charge in [-0.15, -0.1) is 0 Å². The minimum Gasteiger partial charge on any atom is -0.349 e. The van der Waals surface area contributed by atoms with Crippen molar-refractivity contribution >= 4 is 5.96 Å². The van der Waals surface area contributed by atoms with Gasteiger partial charge in [0, 0.05) is 33.8 Å². The van der Waals surface area contributed by atoms with Crippen LogP contribution in [0.1, 0.15) is 18.7 Å². The summed E-state index contributed by atoms with van der Waals surface area (Å²) in [5, 5.41) is 4.05. The van der Waals surface area contributed by atoms with Gasteiger partial charge >= 0.3 is 0 Å². The van der Waals surface area contributed by atoms with Crippen LogP contribution in [0.3, 0.4) is 0 Å². The van der Waals surface area contributed by atoms with Crippen molar-refractivity contribution in [1.29, 1.82) is 0 Å². The van der Waals surface area contributed by atoms with Crippen LogP contribution in [0.4, 0.5) is 0 Å². The Kier molecular flexibility index (Phi) is 5.14. The SMILES string of the molecule is CC(CN=C(N(C)C)N(C)C)c1nc(-c2ccccc2)no1. The lowest BCUT2D eigenvalue weighted by Crippen LogP contribution is -2.35. The molecule has 0 fully saturated rings. The van der Waals surface area contributed by atoms with E-state index in [1.165, 1.54) is 0 Å². The molecular formula is C16H23N5O. The summed E-state index contributed by atoms with van der Waals surface area (Å²) in [6, 6.07) is 9.81. The quantitative estimate of drug-likeness (QED) is 0.641. The van der Waals surface area contributed by atoms with Crippen LogP contribution in [0.15, 0.2) is 39.8 Å². The molecule has 0 N–H and O–H groups in total. The number of guanidine groups is 1. The first-order chi connectivity index (χ1) is 10.5. The number of rotatable bonds is 4. The molecule has 0 spiro atoms. The summed E-state index contributed by atoms with van der Waals surface area (Å²) in [5.41, 5.74) is 0.954. The zero-order chi connectivity index (χ0) is 16.1. The van der Waals surface area contributed by atoms with E-state index in [4.69, 9.17) is 4.52 Å². The van der Waals surface area contributed by atoms with Gasteiger partial charge in [-0.2, -0.15) is 4.98 Å². The summed E-state index contributed by atoms with van der Waals surface area (Å²) in [5.74, 6) is 2.21. The maximum Gasteiger partial charge on any atom is 0.231 e. The molecular weight excluding hydrogens is 278 g/mol. The molecule has 0 aliphatic rings. The lowest BCUT2D eigenvalue weighted by molar-refractivity contribution is 0.360. The normalized spacial score (nSPS) is 11.9. The van der Waals surface area contributed by atoms with Crippen LogP contribution in [0, 0.1) is 0 Å². The minimum atomic E-state index is 0.0693. The molecule has 2 aromatic rings. The van der Waals surface area contributed by atoms with Gasteiger partial charge in [0.15, 0.2) is 5.96 Å². The first kappa shape index (κ1) is 16.0. The third-order valence-corrected chi connectivity index (χ3v) is 3.20. The van der Waals surface area contributed by atoms with E-state index in [0.29, 0.717) is 18.3 Å². The molecule has 1 aromatic carbocycles. The van der Waals surface area contributed by atoms with Crippen LogP contribution in [0.5, 0.6) is 0 Å². The van der Waals surface area contributed by atoms with Crippen LogP contribution in [-0.4, -0.2) is 60.6 Å². The summed E-state index contributed by atoms with van der Waals surface area (Å²) >= 11 is 0. The Morgan fingerprint density at radius 1 is 1.14 bits per heavy atom. The average Bonchev–Trinajstić information content (AvgIpc) is 2.97. The Labute approximate surface area is 131 Å². The molecule has 1 aromatic heterocycles. The summed E-state index contributed by atoms with van der Waals surface area (Å²) in [4.78, 5) is 13.1. The van der Waals surface area contributed by atoms with Gasteiger partial charge in [-0.25, -0.2) is 0 Å². The first-order valence-electron chi connectivity index (χ1n) is 7.27. The second-order valence-corrected chi connectivity index (χ2v) is 5.65. The van der Waals surface area contributed by atoms with Gasteiger partial charge < -0.3 is 14.3 Å². The van der Waals surface area contributed by atoms with Gasteiger partial charge in [0.2, 0.25) is 11.7 Å². The topological polar surface area (TPSA) is 57.8 Å². The zero-order valence-corrected chi connectivity index (χ0v) is 13.8. The number of hydrogen-bond donors (Lipinski definition) is 0. The molecule has 6 heteroatoms. The van der Waals surface area contributed by atoms with Crippen molar-refractivity contribution in [3.63, 3.8) is 0 Å². The molecule has 1 heterocycles. The Morgan fingerprint density at radius 3 is 2.36 bits per heavy atom. The van der Waals surface area contributed by atoms with Crippen LogP contribution >= 0.6 is 0 Å². The lowest BCUT2D eigenvalue weighted by atomic mass is 10.2.